The number of carbonyl (C=O) groups excluding carboxylic acids is 2. The lowest BCUT2D eigenvalue weighted by atomic mass is 10.1. The summed E-state index contributed by atoms with van der Waals surface area (Å²) in [5, 5.41) is 3.33. The Labute approximate surface area is 148 Å². The number of hydrogen-bond donors (Lipinski definition) is 1. The smallest absolute Gasteiger partial charge is 0.305 e. The summed E-state index contributed by atoms with van der Waals surface area (Å²) in [6, 6.07) is 15.9. The van der Waals surface area contributed by atoms with Gasteiger partial charge in [-0.25, -0.2) is 0 Å². The summed E-state index contributed by atoms with van der Waals surface area (Å²) in [5.74, 6) is -0.399. The Morgan fingerprint density at radius 1 is 0.720 bits per heavy atom. The molecule has 0 aliphatic rings. The maximum atomic E-state index is 11.2. The second-order valence-electron chi connectivity index (χ2n) is 5.67. The molecule has 0 aliphatic carbocycles. The second kappa shape index (κ2) is 9.47. The number of anilines is 2. The Morgan fingerprint density at radius 3 is 1.40 bits per heavy atom. The highest BCUT2D eigenvalue weighted by molar-refractivity contribution is 5.70. The Kier molecular flexibility index (Phi) is 7.01. The maximum absolute atomic E-state index is 11.2. The predicted molar refractivity (Wildman–Crippen MR) is 96.8 cm³/mol. The van der Waals surface area contributed by atoms with Gasteiger partial charge in [0.05, 0.1) is 14.2 Å². The number of carbonyl (C=O) groups is 2. The zero-order chi connectivity index (χ0) is 18.1. The van der Waals surface area contributed by atoms with Gasteiger partial charge in [-0.2, -0.15) is 0 Å². The van der Waals surface area contributed by atoms with Crippen molar-refractivity contribution >= 4 is 23.3 Å². The van der Waals surface area contributed by atoms with Crippen molar-refractivity contribution in [1.29, 1.82) is 0 Å². The summed E-state index contributed by atoms with van der Waals surface area (Å²) < 4.78 is 9.29. The molecule has 25 heavy (non-hydrogen) atoms. The minimum Gasteiger partial charge on any atom is -0.469 e. The van der Waals surface area contributed by atoms with Crippen LogP contribution in [0.15, 0.2) is 48.5 Å². The lowest BCUT2D eigenvalue weighted by Crippen LogP contribution is -2.02. The van der Waals surface area contributed by atoms with Crippen LogP contribution < -0.4 is 5.32 Å². The normalized spacial score (nSPS) is 10.2. The van der Waals surface area contributed by atoms with Gasteiger partial charge >= 0.3 is 11.9 Å². The zero-order valence-corrected chi connectivity index (χ0v) is 14.6. The van der Waals surface area contributed by atoms with Gasteiger partial charge in [0.1, 0.15) is 0 Å². The molecule has 5 heteroatoms. The fraction of sp³-hybridized carbons (Fsp3) is 0.300. The van der Waals surface area contributed by atoms with Gasteiger partial charge in [-0.1, -0.05) is 24.3 Å². The van der Waals surface area contributed by atoms with Gasteiger partial charge in [-0.05, 0) is 48.2 Å². The van der Waals surface area contributed by atoms with Gasteiger partial charge < -0.3 is 14.8 Å². The van der Waals surface area contributed by atoms with Gasteiger partial charge in [0.25, 0.3) is 0 Å². The first-order valence-corrected chi connectivity index (χ1v) is 8.19. The Morgan fingerprint density at radius 2 is 1.08 bits per heavy atom. The number of methoxy groups -OCH3 is 2. The number of aryl methyl sites for hydroxylation is 2. The van der Waals surface area contributed by atoms with Crippen LogP contribution in [0.1, 0.15) is 24.0 Å². The highest BCUT2D eigenvalue weighted by Crippen LogP contribution is 2.19. The third kappa shape index (κ3) is 6.30. The molecular weight excluding hydrogens is 318 g/mol. The molecule has 0 unspecified atom stereocenters. The van der Waals surface area contributed by atoms with Gasteiger partial charge in [-0.3, -0.25) is 9.59 Å². The summed E-state index contributed by atoms with van der Waals surface area (Å²) >= 11 is 0. The van der Waals surface area contributed by atoms with E-state index >= 15 is 0 Å². The van der Waals surface area contributed by atoms with Crippen LogP contribution in [-0.2, 0) is 31.9 Å². The number of hydrogen-bond acceptors (Lipinski definition) is 5. The van der Waals surface area contributed by atoms with Gasteiger partial charge in [0.15, 0.2) is 0 Å². The zero-order valence-electron chi connectivity index (χ0n) is 14.6. The fourth-order valence-corrected chi connectivity index (χ4v) is 2.37. The summed E-state index contributed by atoms with van der Waals surface area (Å²) in [6.45, 7) is 0. The molecule has 0 aliphatic heterocycles. The molecule has 2 aromatic rings. The molecule has 2 rings (SSSR count). The van der Waals surface area contributed by atoms with Crippen LogP contribution in [0.4, 0.5) is 11.4 Å². The molecule has 0 atom stereocenters. The number of benzene rings is 2. The molecule has 0 aromatic heterocycles. The van der Waals surface area contributed by atoms with Crippen LogP contribution in [0.2, 0.25) is 0 Å². The predicted octanol–water partition coefficient (Wildman–Crippen LogP) is 3.64. The van der Waals surface area contributed by atoms with E-state index in [0.717, 1.165) is 22.5 Å². The number of nitrogens with one attached hydrogen (secondary N) is 1. The van der Waals surface area contributed by atoms with Crippen LogP contribution in [-0.4, -0.2) is 26.2 Å². The van der Waals surface area contributed by atoms with Crippen LogP contribution in [0.3, 0.4) is 0 Å². The summed E-state index contributed by atoms with van der Waals surface area (Å²) in [6.07, 6.45) is 2.11. The van der Waals surface area contributed by atoms with E-state index < -0.39 is 0 Å². The fourth-order valence-electron chi connectivity index (χ4n) is 2.37. The van der Waals surface area contributed by atoms with E-state index in [9.17, 15) is 9.59 Å². The van der Waals surface area contributed by atoms with Crippen LogP contribution in [0.25, 0.3) is 0 Å². The monoisotopic (exact) mass is 341 g/mol. The largest absolute Gasteiger partial charge is 0.469 e. The van der Waals surface area contributed by atoms with Gasteiger partial charge in [-0.15, -0.1) is 0 Å². The Hall–Kier alpha value is -2.82. The van der Waals surface area contributed by atoms with E-state index in [1.54, 1.807) is 0 Å². The quantitative estimate of drug-likeness (QED) is 0.743. The second-order valence-corrected chi connectivity index (χ2v) is 5.67. The van der Waals surface area contributed by atoms with Crippen molar-refractivity contribution < 1.29 is 19.1 Å². The van der Waals surface area contributed by atoms with E-state index in [4.69, 9.17) is 0 Å². The van der Waals surface area contributed by atoms with Crippen molar-refractivity contribution in [1.82, 2.24) is 0 Å². The molecule has 132 valence electrons. The molecule has 0 fully saturated rings. The summed E-state index contributed by atoms with van der Waals surface area (Å²) in [7, 11) is 2.80. The first-order valence-electron chi connectivity index (χ1n) is 8.19. The minimum atomic E-state index is -0.200. The van der Waals surface area contributed by atoms with Crippen molar-refractivity contribution in [2.24, 2.45) is 0 Å². The van der Waals surface area contributed by atoms with Crippen molar-refractivity contribution in [3.63, 3.8) is 0 Å². The molecule has 0 heterocycles. The van der Waals surface area contributed by atoms with E-state index in [0.29, 0.717) is 25.7 Å². The lowest BCUT2D eigenvalue weighted by molar-refractivity contribution is -0.141. The number of rotatable bonds is 8. The van der Waals surface area contributed by atoms with Crippen molar-refractivity contribution in [3.8, 4) is 0 Å². The highest BCUT2D eigenvalue weighted by Gasteiger charge is 2.03. The summed E-state index contributed by atoms with van der Waals surface area (Å²) in [4.78, 5) is 22.3. The maximum Gasteiger partial charge on any atom is 0.305 e. The van der Waals surface area contributed by atoms with E-state index in [2.05, 4.69) is 14.8 Å². The molecule has 0 saturated carbocycles. The SMILES string of the molecule is COC(=O)CCc1ccc(Nc2ccc(CCC(=O)OC)cc2)cc1. The van der Waals surface area contributed by atoms with E-state index in [-0.39, 0.29) is 11.9 Å². The molecule has 0 bridgehead atoms. The summed E-state index contributed by atoms with van der Waals surface area (Å²) in [5.41, 5.74) is 4.14. The molecule has 0 radical (unpaired) electrons. The van der Waals surface area contributed by atoms with Crippen LogP contribution >= 0.6 is 0 Å². The Bertz CT molecular complexity index is 631. The molecule has 0 amide bonds. The van der Waals surface area contributed by atoms with Gasteiger partial charge in [0.2, 0.25) is 0 Å². The van der Waals surface area contributed by atoms with Crippen LogP contribution in [0.5, 0.6) is 0 Å². The van der Waals surface area contributed by atoms with Gasteiger partial charge in [0, 0.05) is 24.2 Å². The average molecular weight is 341 g/mol. The first-order chi connectivity index (χ1) is 12.1. The number of esters is 2. The van der Waals surface area contributed by atoms with E-state index in [1.165, 1.54) is 14.2 Å². The molecule has 2 aromatic carbocycles. The van der Waals surface area contributed by atoms with Crippen molar-refractivity contribution in [3.05, 3.63) is 59.7 Å². The molecule has 1 N–H and O–H groups in total. The third-order valence-electron chi connectivity index (χ3n) is 3.89. The molecule has 0 spiro atoms. The highest BCUT2D eigenvalue weighted by atomic mass is 16.5. The van der Waals surface area contributed by atoms with E-state index in [1.807, 2.05) is 48.5 Å². The standard InChI is InChI=1S/C20H23NO4/c1-24-19(22)13-7-15-3-9-17(10-4-15)21-18-11-5-16(6-12-18)8-14-20(23)25-2/h3-6,9-12,21H,7-8,13-14H2,1-2H3. The Balaban J connectivity index is 1.87. The molecule has 0 saturated heterocycles. The number of ether oxygens (including phenoxy) is 2. The minimum absolute atomic E-state index is 0.200. The van der Waals surface area contributed by atoms with Crippen LogP contribution in [0, 0.1) is 0 Å². The molecular formula is C20H23NO4. The first kappa shape index (κ1) is 18.5. The topological polar surface area (TPSA) is 64.6 Å². The van der Waals surface area contributed by atoms with Crippen molar-refractivity contribution in [2.45, 2.75) is 25.7 Å². The average Bonchev–Trinajstić information content (AvgIpc) is 2.66. The lowest BCUT2D eigenvalue weighted by Gasteiger charge is -2.09. The molecule has 5 nitrogen and oxygen atoms in total. The third-order valence-corrected chi connectivity index (χ3v) is 3.89. The van der Waals surface area contributed by atoms with Crippen molar-refractivity contribution in [2.75, 3.05) is 19.5 Å².